The van der Waals surface area contributed by atoms with E-state index < -0.39 is 11.6 Å². The van der Waals surface area contributed by atoms with E-state index in [0.717, 1.165) is 12.8 Å². The van der Waals surface area contributed by atoms with Crippen LogP contribution in [0.1, 0.15) is 55.1 Å². The number of methoxy groups -OCH3 is 1. The highest BCUT2D eigenvalue weighted by Gasteiger charge is 2.33. The van der Waals surface area contributed by atoms with Crippen LogP contribution >= 0.6 is 11.6 Å². The fourth-order valence-corrected chi connectivity index (χ4v) is 3.13. The van der Waals surface area contributed by atoms with Gasteiger partial charge in [0.25, 0.3) is 0 Å². The quantitative estimate of drug-likeness (QED) is 0.517. The summed E-state index contributed by atoms with van der Waals surface area (Å²) in [6, 6.07) is 0. The van der Waals surface area contributed by atoms with Crippen LogP contribution in [0.5, 0.6) is 11.5 Å². The number of rotatable bonds is 7. The lowest BCUT2D eigenvalue weighted by atomic mass is 9.92. The smallest absolute Gasteiger partial charge is 0.339 e. The second kappa shape index (κ2) is 8.14. The Morgan fingerprint density at radius 1 is 1.42 bits per heavy atom. The number of benzene rings is 1. The number of hydrogen-bond donors (Lipinski definition) is 1. The number of aromatic carboxylic acids is 1. The van der Waals surface area contributed by atoms with Gasteiger partial charge in [0, 0.05) is 7.11 Å². The highest BCUT2D eigenvalue weighted by atomic mass is 35.5. The Balaban J connectivity index is 2.49. The Morgan fingerprint density at radius 3 is 2.69 bits per heavy atom. The molecule has 1 heterocycles. The first kappa shape index (κ1) is 20.3. The molecule has 0 aromatic heterocycles. The highest BCUT2D eigenvalue weighted by molar-refractivity contribution is 6.34. The van der Waals surface area contributed by atoms with Gasteiger partial charge >= 0.3 is 5.97 Å². The van der Waals surface area contributed by atoms with Crippen LogP contribution in [0.2, 0.25) is 5.02 Å². The first-order chi connectivity index (χ1) is 12.2. The number of hydrogen-bond acceptors (Lipinski definition) is 4. The SMILES string of the molecule is COCOc1c2c(c(Cl)c(C)c1C(=O)O)OC(C)(CCC=C(C)C)C=C2. The van der Waals surface area contributed by atoms with E-state index in [2.05, 4.69) is 19.9 Å². The summed E-state index contributed by atoms with van der Waals surface area (Å²) in [5.41, 5.74) is 1.68. The van der Waals surface area contributed by atoms with E-state index in [1.165, 1.54) is 12.7 Å². The molecule has 1 aliphatic heterocycles. The third-order valence-corrected chi connectivity index (χ3v) is 4.74. The van der Waals surface area contributed by atoms with Crippen LogP contribution in [0, 0.1) is 6.92 Å². The minimum atomic E-state index is -1.11. The molecule has 142 valence electrons. The van der Waals surface area contributed by atoms with E-state index in [-0.39, 0.29) is 18.1 Å². The monoisotopic (exact) mass is 380 g/mol. The van der Waals surface area contributed by atoms with E-state index in [1.807, 2.05) is 19.1 Å². The van der Waals surface area contributed by atoms with Crippen molar-refractivity contribution in [2.75, 3.05) is 13.9 Å². The number of carboxylic acids is 1. The fourth-order valence-electron chi connectivity index (χ4n) is 2.89. The van der Waals surface area contributed by atoms with Gasteiger partial charge in [-0.15, -0.1) is 0 Å². The summed E-state index contributed by atoms with van der Waals surface area (Å²) in [7, 11) is 1.47. The molecule has 1 unspecified atom stereocenters. The van der Waals surface area contributed by atoms with Gasteiger partial charge in [-0.2, -0.15) is 0 Å². The van der Waals surface area contributed by atoms with Crippen LogP contribution in [0.25, 0.3) is 6.08 Å². The number of carboxylic acid groups (broad SMARTS) is 1. The molecule has 0 bridgehead atoms. The minimum Gasteiger partial charge on any atom is -0.481 e. The maximum absolute atomic E-state index is 11.7. The maximum atomic E-state index is 11.7. The average Bonchev–Trinajstić information content (AvgIpc) is 2.56. The number of halogens is 1. The van der Waals surface area contributed by atoms with Gasteiger partial charge in [0.05, 0.1) is 10.6 Å². The standard InChI is InChI=1S/C20H25ClO5/c1-12(2)7-6-9-20(4)10-8-14-17(25-11-24-5)15(19(22)23)13(3)16(21)18(14)26-20/h7-8,10H,6,9,11H2,1-5H3,(H,22,23). The molecule has 1 N–H and O–H groups in total. The molecule has 0 saturated heterocycles. The molecule has 26 heavy (non-hydrogen) atoms. The predicted octanol–water partition coefficient (Wildman–Crippen LogP) is 5.24. The predicted molar refractivity (Wildman–Crippen MR) is 102 cm³/mol. The number of allylic oxidation sites excluding steroid dienone is 2. The van der Waals surface area contributed by atoms with Crippen LogP contribution in [-0.4, -0.2) is 30.6 Å². The molecule has 0 saturated carbocycles. The zero-order chi connectivity index (χ0) is 19.5. The van der Waals surface area contributed by atoms with Crippen LogP contribution in [0.15, 0.2) is 17.7 Å². The summed E-state index contributed by atoms with van der Waals surface area (Å²) < 4.78 is 16.7. The zero-order valence-electron chi connectivity index (χ0n) is 15.8. The van der Waals surface area contributed by atoms with Crippen molar-refractivity contribution in [3.05, 3.63) is 39.4 Å². The number of carbonyl (C=O) groups is 1. The zero-order valence-corrected chi connectivity index (χ0v) is 16.6. The van der Waals surface area contributed by atoms with Gasteiger partial charge < -0.3 is 19.3 Å². The van der Waals surface area contributed by atoms with Crippen molar-refractivity contribution in [3.8, 4) is 11.5 Å². The van der Waals surface area contributed by atoms with Gasteiger partial charge in [0.2, 0.25) is 0 Å². The maximum Gasteiger partial charge on any atom is 0.339 e. The van der Waals surface area contributed by atoms with Crippen molar-refractivity contribution in [2.45, 2.75) is 46.1 Å². The van der Waals surface area contributed by atoms with Gasteiger partial charge in [-0.25, -0.2) is 4.79 Å². The average molecular weight is 381 g/mol. The molecule has 0 radical (unpaired) electrons. The summed E-state index contributed by atoms with van der Waals surface area (Å²) in [4.78, 5) is 11.7. The van der Waals surface area contributed by atoms with Gasteiger partial charge in [0.15, 0.2) is 6.79 Å². The second-order valence-corrected chi connectivity index (χ2v) is 7.19. The van der Waals surface area contributed by atoms with E-state index in [1.54, 1.807) is 6.92 Å². The second-order valence-electron chi connectivity index (χ2n) is 6.81. The van der Waals surface area contributed by atoms with Crippen molar-refractivity contribution in [1.82, 2.24) is 0 Å². The van der Waals surface area contributed by atoms with E-state index in [0.29, 0.717) is 21.9 Å². The molecule has 6 heteroatoms. The Bertz CT molecular complexity index is 762. The van der Waals surface area contributed by atoms with Gasteiger partial charge in [0.1, 0.15) is 22.7 Å². The molecule has 0 spiro atoms. The Morgan fingerprint density at radius 2 is 2.12 bits per heavy atom. The van der Waals surface area contributed by atoms with Crippen molar-refractivity contribution in [3.63, 3.8) is 0 Å². The van der Waals surface area contributed by atoms with Crippen LogP contribution < -0.4 is 9.47 Å². The molecular formula is C20H25ClO5. The lowest BCUT2D eigenvalue weighted by Gasteiger charge is -2.33. The molecular weight excluding hydrogens is 356 g/mol. The summed E-state index contributed by atoms with van der Waals surface area (Å²) in [5, 5.41) is 9.88. The Kier molecular flexibility index (Phi) is 6.37. The summed E-state index contributed by atoms with van der Waals surface area (Å²) in [5.74, 6) is -0.454. The van der Waals surface area contributed by atoms with Gasteiger partial charge in [-0.3, -0.25) is 0 Å². The summed E-state index contributed by atoms with van der Waals surface area (Å²) in [6.07, 6.45) is 7.55. The topological polar surface area (TPSA) is 65.0 Å². The molecule has 2 rings (SSSR count). The summed E-state index contributed by atoms with van der Waals surface area (Å²) in [6.45, 7) is 7.68. The molecule has 1 aromatic carbocycles. The first-order valence-electron chi connectivity index (χ1n) is 8.43. The molecule has 0 amide bonds. The molecule has 0 fully saturated rings. The highest BCUT2D eigenvalue weighted by Crippen LogP contribution is 2.47. The largest absolute Gasteiger partial charge is 0.481 e. The third-order valence-electron chi connectivity index (χ3n) is 4.29. The first-order valence-corrected chi connectivity index (χ1v) is 8.80. The van der Waals surface area contributed by atoms with Gasteiger partial charge in [-0.1, -0.05) is 23.3 Å². The molecule has 0 aliphatic carbocycles. The van der Waals surface area contributed by atoms with Crippen molar-refractivity contribution in [1.29, 1.82) is 0 Å². The Labute approximate surface area is 159 Å². The van der Waals surface area contributed by atoms with Gasteiger partial charge in [-0.05, 0) is 58.3 Å². The lowest BCUT2D eigenvalue weighted by molar-refractivity contribution is 0.0474. The van der Waals surface area contributed by atoms with Crippen molar-refractivity contribution in [2.24, 2.45) is 0 Å². The summed E-state index contributed by atoms with van der Waals surface area (Å²) >= 11 is 6.46. The number of ether oxygens (including phenoxy) is 3. The lowest BCUT2D eigenvalue weighted by Crippen LogP contribution is -2.32. The molecule has 1 aliphatic rings. The molecule has 5 nitrogen and oxygen atoms in total. The number of fused-ring (bicyclic) bond motifs is 1. The third kappa shape index (κ3) is 4.22. The van der Waals surface area contributed by atoms with Crippen LogP contribution in [0.4, 0.5) is 0 Å². The molecule has 1 atom stereocenters. The normalized spacial score (nSPS) is 18.1. The van der Waals surface area contributed by atoms with Crippen LogP contribution in [0.3, 0.4) is 0 Å². The van der Waals surface area contributed by atoms with Crippen molar-refractivity contribution >= 4 is 23.6 Å². The van der Waals surface area contributed by atoms with Crippen LogP contribution in [-0.2, 0) is 4.74 Å². The van der Waals surface area contributed by atoms with Crippen molar-refractivity contribution < 1.29 is 24.1 Å². The Hall–Kier alpha value is -1.98. The van der Waals surface area contributed by atoms with E-state index >= 15 is 0 Å². The van der Waals surface area contributed by atoms with E-state index in [9.17, 15) is 9.90 Å². The molecule has 1 aromatic rings. The minimum absolute atomic E-state index is 0.0206. The van der Waals surface area contributed by atoms with E-state index in [4.69, 9.17) is 25.8 Å². The fraction of sp³-hybridized carbons (Fsp3) is 0.450.